The van der Waals surface area contributed by atoms with Gasteiger partial charge >= 0.3 is 0 Å². The summed E-state index contributed by atoms with van der Waals surface area (Å²) in [4.78, 5) is 13.6. The van der Waals surface area contributed by atoms with E-state index in [1.54, 1.807) is 23.3 Å². The average Bonchev–Trinajstić information content (AvgIpc) is 2.34. The number of allylic oxidation sites excluding steroid dienone is 2. The lowest BCUT2D eigenvalue weighted by molar-refractivity contribution is -0.117. The van der Waals surface area contributed by atoms with Gasteiger partial charge in [0.15, 0.2) is 5.84 Å². The minimum absolute atomic E-state index is 0.0231. The summed E-state index contributed by atoms with van der Waals surface area (Å²) in [5, 5.41) is 2.72. The van der Waals surface area contributed by atoms with Crippen molar-refractivity contribution in [3.05, 3.63) is 23.9 Å². The molecule has 0 saturated heterocycles. The molecule has 6 nitrogen and oxygen atoms in total. The van der Waals surface area contributed by atoms with Crippen LogP contribution in [0, 0.1) is 0 Å². The molecule has 2 aliphatic heterocycles. The molecule has 0 spiro atoms. The molecule has 2 rings (SSSR count). The van der Waals surface area contributed by atoms with Crippen molar-refractivity contribution >= 4 is 21.8 Å². The van der Waals surface area contributed by atoms with Crippen molar-refractivity contribution in [2.24, 2.45) is 4.40 Å². The maximum Gasteiger partial charge on any atom is 0.256 e. The number of nitrogens with one attached hydrogen (secondary N) is 1. The molecular formula is C11H15N3O3S. The zero-order valence-corrected chi connectivity index (χ0v) is 10.9. The third-order valence-corrected chi connectivity index (χ3v) is 3.79. The van der Waals surface area contributed by atoms with E-state index in [0.717, 1.165) is 6.42 Å². The standard InChI is InChI=1S/C11H15N3O3S/c1-2-5-12-11(15)9-4-3-6-14-7-8-18(16,17)13-10(9)14/h3-4,6H,2,5,7-8H2,1H3,(H,12,15). The number of carbonyl (C=O) groups excluding carboxylic acids is 1. The lowest BCUT2D eigenvalue weighted by Crippen LogP contribution is -2.42. The summed E-state index contributed by atoms with van der Waals surface area (Å²) in [6.07, 6.45) is 5.85. The van der Waals surface area contributed by atoms with Gasteiger partial charge in [0.2, 0.25) is 0 Å². The molecule has 0 fully saturated rings. The van der Waals surface area contributed by atoms with Crippen LogP contribution in [0.15, 0.2) is 28.3 Å². The van der Waals surface area contributed by atoms with Crippen LogP contribution in [-0.2, 0) is 14.8 Å². The predicted octanol–water partition coefficient (Wildman–Crippen LogP) is 0.0102. The fourth-order valence-corrected chi connectivity index (χ4v) is 2.71. The molecule has 2 heterocycles. The molecule has 0 unspecified atom stereocenters. The Hall–Kier alpha value is -1.63. The largest absolute Gasteiger partial charge is 0.352 e. The summed E-state index contributed by atoms with van der Waals surface area (Å²) in [5.41, 5.74) is 0.300. The van der Waals surface area contributed by atoms with Crippen molar-refractivity contribution < 1.29 is 13.2 Å². The Morgan fingerprint density at radius 1 is 1.56 bits per heavy atom. The number of hydrogen-bond acceptors (Lipinski definition) is 4. The van der Waals surface area contributed by atoms with Crippen LogP contribution in [0.2, 0.25) is 0 Å². The highest BCUT2D eigenvalue weighted by Gasteiger charge is 2.29. The molecular weight excluding hydrogens is 254 g/mol. The van der Waals surface area contributed by atoms with E-state index in [2.05, 4.69) is 9.71 Å². The van der Waals surface area contributed by atoms with Crippen molar-refractivity contribution in [2.45, 2.75) is 13.3 Å². The Kier molecular flexibility index (Phi) is 3.51. The van der Waals surface area contributed by atoms with E-state index in [0.29, 0.717) is 18.7 Å². The Labute approximate surface area is 106 Å². The molecule has 0 aromatic carbocycles. The first kappa shape index (κ1) is 12.8. The first-order chi connectivity index (χ1) is 8.53. The maximum atomic E-state index is 11.9. The minimum atomic E-state index is -3.45. The summed E-state index contributed by atoms with van der Waals surface area (Å²) in [7, 11) is -3.45. The van der Waals surface area contributed by atoms with Crippen molar-refractivity contribution in [3.63, 3.8) is 0 Å². The van der Waals surface area contributed by atoms with Crippen LogP contribution in [0.4, 0.5) is 0 Å². The quantitative estimate of drug-likeness (QED) is 0.783. The van der Waals surface area contributed by atoms with Crippen LogP contribution in [0.5, 0.6) is 0 Å². The molecule has 0 aromatic rings. The average molecular weight is 269 g/mol. The lowest BCUT2D eigenvalue weighted by atomic mass is 10.1. The molecule has 0 aromatic heterocycles. The van der Waals surface area contributed by atoms with Crippen LogP contribution in [0.1, 0.15) is 13.3 Å². The third kappa shape index (κ3) is 2.61. The van der Waals surface area contributed by atoms with Gasteiger partial charge in [-0.25, -0.2) is 8.42 Å². The van der Waals surface area contributed by atoms with Gasteiger partial charge in [-0.3, -0.25) is 4.79 Å². The second-order valence-electron chi connectivity index (χ2n) is 4.07. The number of amides is 1. The number of nitrogens with zero attached hydrogens (tertiary/aromatic N) is 2. The molecule has 2 aliphatic rings. The zero-order chi connectivity index (χ0) is 13.2. The van der Waals surface area contributed by atoms with Crippen molar-refractivity contribution in [2.75, 3.05) is 18.8 Å². The van der Waals surface area contributed by atoms with Crippen LogP contribution < -0.4 is 5.32 Å². The van der Waals surface area contributed by atoms with E-state index >= 15 is 0 Å². The molecule has 98 valence electrons. The monoisotopic (exact) mass is 269 g/mol. The van der Waals surface area contributed by atoms with Crippen LogP contribution in [-0.4, -0.2) is 43.9 Å². The van der Waals surface area contributed by atoms with E-state index in [4.69, 9.17) is 0 Å². The second kappa shape index (κ2) is 4.93. The number of amidine groups is 1. The van der Waals surface area contributed by atoms with Gasteiger partial charge in [-0.2, -0.15) is 0 Å². The highest BCUT2D eigenvalue weighted by atomic mass is 32.2. The van der Waals surface area contributed by atoms with Crippen molar-refractivity contribution in [3.8, 4) is 0 Å². The van der Waals surface area contributed by atoms with Crippen LogP contribution in [0.25, 0.3) is 0 Å². The summed E-state index contributed by atoms with van der Waals surface area (Å²) in [6, 6.07) is 0. The molecule has 0 aliphatic carbocycles. The van der Waals surface area contributed by atoms with Gasteiger partial charge in [-0.05, 0) is 18.6 Å². The minimum Gasteiger partial charge on any atom is -0.352 e. The first-order valence-corrected chi connectivity index (χ1v) is 7.41. The lowest BCUT2D eigenvalue weighted by Gasteiger charge is -2.28. The smallest absolute Gasteiger partial charge is 0.256 e. The molecule has 0 saturated carbocycles. The van der Waals surface area contributed by atoms with E-state index in [9.17, 15) is 13.2 Å². The van der Waals surface area contributed by atoms with Crippen molar-refractivity contribution in [1.29, 1.82) is 0 Å². The van der Waals surface area contributed by atoms with Crippen LogP contribution in [0.3, 0.4) is 0 Å². The number of rotatable bonds is 3. The van der Waals surface area contributed by atoms with E-state index < -0.39 is 10.0 Å². The summed E-state index contributed by atoms with van der Waals surface area (Å²) in [5.74, 6) is -0.0931. The molecule has 0 radical (unpaired) electrons. The van der Waals surface area contributed by atoms with E-state index in [-0.39, 0.29) is 17.5 Å². The van der Waals surface area contributed by atoms with Crippen LogP contribution >= 0.6 is 0 Å². The highest BCUT2D eigenvalue weighted by molar-refractivity contribution is 7.90. The molecule has 0 atom stereocenters. The summed E-state index contributed by atoms with van der Waals surface area (Å²) < 4.78 is 26.7. The zero-order valence-electron chi connectivity index (χ0n) is 10.1. The van der Waals surface area contributed by atoms with Gasteiger partial charge in [0, 0.05) is 19.3 Å². The maximum absolute atomic E-state index is 11.9. The van der Waals surface area contributed by atoms with Gasteiger partial charge in [-0.15, -0.1) is 4.40 Å². The Morgan fingerprint density at radius 2 is 2.33 bits per heavy atom. The van der Waals surface area contributed by atoms with Crippen molar-refractivity contribution in [1.82, 2.24) is 10.2 Å². The summed E-state index contributed by atoms with van der Waals surface area (Å²) in [6.45, 7) is 2.83. The normalized spacial score (nSPS) is 20.8. The predicted molar refractivity (Wildman–Crippen MR) is 68.5 cm³/mol. The van der Waals surface area contributed by atoms with E-state index in [1.165, 1.54) is 0 Å². The fourth-order valence-electron chi connectivity index (χ4n) is 1.73. The van der Waals surface area contributed by atoms with Gasteiger partial charge in [0.05, 0.1) is 11.3 Å². The molecule has 0 bridgehead atoms. The fraction of sp³-hybridized carbons (Fsp3) is 0.455. The Bertz CT molecular complexity index is 546. The topological polar surface area (TPSA) is 78.8 Å². The highest BCUT2D eigenvalue weighted by Crippen LogP contribution is 2.17. The first-order valence-electron chi connectivity index (χ1n) is 5.80. The Morgan fingerprint density at radius 3 is 3.06 bits per heavy atom. The van der Waals surface area contributed by atoms with Gasteiger partial charge in [0.25, 0.3) is 15.9 Å². The third-order valence-electron chi connectivity index (χ3n) is 2.64. The van der Waals surface area contributed by atoms with Gasteiger partial charge in [-0.1, -0.05) is 6.92 Å². The molecule has 7 heteroatoms. The second-order valence-corrected chi connectivity index (χ2v) is 5.83. The molecule has 18 heavy (non-hydrogen) atoms. The SMILES string of the molecule is CCCNC(=O)C1=CC=CN2CCS(=O)(=O)N=C12. The van der Waals surface area contributed by atoms with Gasteiger partial charge < -0.3 is 10.2 Å². The number of sulfonamides is 1. The summed E-state index contributed by atoms with van der Waals surface area (Å²) >= 11 is 0. The van der Waals surface area contributed by atoms with E-state index in [1.807, 2.05) is 6.92 Å². The Balaban J connectivity index is 2.29. The molecule has 1 amide bonds. The van der Waals surface area contributed by atoms with Gasteiger partial charge in [0.1, 0.15) is 0 Å². The molecule has 1 N–H and O–H groups in total. The number of hydrogen-bond donors (Lipinski definition) is 1. The number of carbonyl (C=O) groups is 1. The number of fused-ring (bicyclic) bond motifs is 1.